The van der Waals surface area contributed by atoms with Gasteiger partial charge in [0.2, 0.25) is 5.43 Å². The molecule has 0 atom stereocenters. The van der Waals surface area contributed by atoms with Gasteiger partial charge < -0.3 is 23.9 Å². The maximum absolute atomic E-state index is 13.5. The van der Waals surface area contributed by atoms with Crippen LogP contribution in [0.5, 0.6) is 17.2 Å². The summed E-state index contributed by atoms with van der Waals surface area (Å²) in [5.41, 5.74) is 2.92. The summed E-state index contributed by atoms with van der Waals surface area (Å²) in [5, 5.41) is 11.2. The summed E-state index contributed by atoms with van der Waals surface area (Å²) in [7, 11) is 3.83. The summed E-state index contributed by atoms with van der Waals surface area (Å²) in [6.45, 7) is 5.20. The molecule has 0 aliphatic carbocycles. The Labute approximate surface area is 169 Å². The Bertz CT molecular complexity index is 1150. The second-order valence-corrected chi connectivity index (χ2v) is 7.55. The van der Waals surface area contributed by atoms with Crippen LogP contribution in [-0.2, 0) is 13.0 Å². The van der Waals surface area contributed by atoms with Gasteiger partial charge in [0.05, 0.1) is 16.5 Å². The summed E-state index contributed by atoms with van der Waals surface area (Å²) in [6, 6.07) is 7.23. The molecule has 3 aromatic rings. The van der Waals surface area contributed by atoms with E-state index in [1.165, 1.54) is 0 Å². The maximum atomic E-state index is 13.5. The van der Waals surface area contributed by atoms with Crippen molar-refractivity contribution in [2.75, 3.05) is 27.3 Å². The second kappa shape index (κ2) is 7.44. The third kappa shape index (κ3) is 3.34. The lowest BCUT2D eigenvalue weighted by atomic mass is 9.97. The minimum Gasteiger partial charge on any atom is -0.507 e. The first kappa shape index (κ1) is 19.3. The number of phenolic OH excluding ortho intramolecular Hbond substituents is 1. The number of benzene rings is 2. The van der Waals surface area contributed by atoms with Crippen molar-refractivity contribution in [2.24, 2.45) is 0 Å². The minimum absolute atomic E-state index is 0.116. The maximum Gasteiger partial charge on any atom is 0.200 e. The number of rotatable bonds is 4. The Morgan fingerprint density at radius 1 is 1.10 bits per heavy atom. The van der Waals surface area contributed by atoms with E-state index in [1.807, 2.05) is 44.1 Å². The molecule has 0 radical (unpaired) electrons. The van der Waals surface area contributed by atoms with Crippen LogP contribution in [0.3, 0.4) is 0 Å². The van der Waals surface area contributed by atoms with E-state index in [9.17, 15) is 9.90 Å². The van der Waals surface area contributed by atoms with Crippen molar-refractivity contribution >= 4 is 11.0 Å². The highest BCUT2D eigenvalue weighted by Gasteiger charge is 2.22. The van der Waals surface area contributed by atoms with E-state index in [2.05, 4.69) is 0 Å². The Balaban J connectivity index is 1.98. The number of fused-ring (bicyclic) bond motifs is 2. The second-order valence-electron chi connectivity index (χ2n) is 7.55. The molecule has 1 N–H and O–H groups in total. The van der Waals surface area contributed by atoms with E-state index in [0.717, 1.165) is 11.1 Å². The highest BCUT2D eigenvalue weighted by Crippen LogP contribution is 2.37. The van der Waals surface area contributed by atoms with Gasteiger partial charge in [-0.25, -0.2) is 0 Å². The smallest absolute Gasteiger partial charge is 0.200 e. The molecular weight excluding hydrogens is 370 g/mol. The van der Waals surface area contributed by atoms with Gasteiger partial charge in [-0.3, -0.25) is 4.79 Å². The molecule has 1 aromatic heterocycles. The highest BCUT2D eigenvalue weighted by molar-refractivity contribution is 5.88. The normalized spacial score (nSPS) is 13.3. The van der Waals surface area contributed by atoms with Gasteiger partial charge >= 0.3 is 0 Å². The van der Waals surface area contributed by atoms with Crippen LogP contribution in [0.25, 0.3) is 22.1 Å². The molecule has 0 saturated carbocycles. The molecule has 6 heteroatoms. The number of phenols is 1. The van der Waals surface area contributed by atoms with E-state index in [1.54, 1.807) is 13.0 Å². The molecule has 0 fully saturated rings. The fourth-order valence-electron chi connectivity index (χ4n) is 3.82. The molecule has 0 unspecified atom stereocenters. The van der Waals surface area contributed by atoms with Crippen LogP contribution in [0.2, 0.25) is 0 Å². The fourth-order valence-corrected chi connectivity index (χ4v) is 3.82. The molecule has 0 amide bonds. The number of nitrogens with zero attached hydrogens (tertiary/aromatic N) is 1. The zero-order valence-corrected chi connectivity index (χ0v) is 17.2. The first-order valence-corrected chi connectivity index (χ1v) is 9.76. The minimum atomic E-state index is -0.116. The lowest BCUT2D eigenvalue weighted by Gasteiger charge is -2.19. The zero-order chi connectivity index (χ0) is 20.7. The number of hydrogen-bond acceptors (Lipinski definition) is 6. The molecule has 1 aliphatic rings. The molecule has 152 valence electrons. The van der Waals surface area contributed by atoms with Gasteiger partial charge in [0.1, 0.15) is 30.3 Å². The monoisotopic (exact) mass is 395 g/mol. The first-order valence-electron chi connectivity index (χ1n) is 9.76. The highest BCUT2D eigenvalue weighted by atomic mass is 16.6. The largest absolute Gasteiger partial charge is 0.507 e. The van der Waals surface area contributed by atoms with E-state index in [0.29, 0.717) is 65.5 Å². The third-order valence-electron chi connectivity index (χ3n) is 5.19. The summed E-state index contributed by atoms with van der Waals surface area (Å²) in [5.74, 6) is 2.00. The van der Waals surface area contributed by atoms with E-state index >= 15 is 0 Å². The van der Waals surface area contributed by atoms with Crippen LogP contribution in [0, 0.1) is 6.92 Å². The Kier molecular flexibility index (Phi) is 4.96. The Morgan fingerprint density at radius 3 is 2.52 bits per heavy atom. The van der Waals surface area contributed by atoms with Crippen LogP contribution in [0.1, 0.15) is 23.8 Å². The van der Waals surface area contributed by atoms with Crippen molar-refractivity contribution < 1.29 is 19.0 Å². The van der Waals surface area contributed by atoms with Gasteiger partial charge in [0, 0.05) is 6.54 Å². The lowest BCUT2D eigenvalue weighted by molar-refractivity contribution is 0.171. The van der Waals surface area contributed by atoms with Gasteiger partial charge in [-0.05, 0) is 56.8 Å². The summed E-state index contributed by atoms with van der Waals surface area (Å²) < 4.78 is 17.4. The SMILES string of the molecule is CCc1cc2c(=O)c(-c3ccc4c(c3)OCCO4)c(C)oc2c(CN(C)C)c1O. The van der Waals surface area contributed by atoms with Crippen LogP contribution in [-0.4, -0.2) is 37.3 Å². The van der Waals surface area contributed by atoms with Crippen LogP contribution in [0.4, 0.5) is 0 Å². The number of hydrogen-bond donors (Lipinski definition) is 1. The molecule has 0 saturated heterocycles. The van der Waals surface area contributed by atoms with Crippen LogP contribution in [0.15, 0.2) is 33.5 Å². The van der Waals surface area contributed by atoms with Crippen LogP contribution >= 0.6 is 0 Å². The van der Waals surface area contributed by atoms with Crippen LogP contribution < -0.4 is 14.9 Å². The molecule has 1 aliphatic heterocycles. The van der Waals surface area contributed by atoms with Crippen molar-refractivity contribution in [1.82, 2.24) is 4.90 Å². The first-order chi connectivity index (χ1) is 13.9. The van der Waals surface area contributed by atoms with Gasteiger partial charge in [-0.2, -0.15) is 0 Å². The van der Waals surface area contributed by atoms with Crippen molar-refractivity contribution in [3.05, 3.63) is 51.4 Å². The van der Waals surface area contributed by atoms with Crippen molar-refractivity contribution in [3.63, 3.8) is 0 Å². The molecule has 2 heterocycles. The summed E-state index contributed by atoms with van der Waals surface area (Å²) in [6.07, 6.45) is 0.620. The molecular formula is C23H25NO5. The molecule has 6 nitrogen and oxygen atoms in total. The predicted octanol–water partition coefficient (Wildman–Crippen LogP) is 3.87. The van der Waals surface area contributed by atoms with Gasteiger partial charge in [-0.1, -0.05) is 13.0 Å². The zero-order valence-electron chi connectivity index (χ0n) is 17.2. The average Bonchev–Trinajstić information content (AvgIpc) is 2.70. The van der Waals surface area contributed by atoms with E-state index in [4.69, 9.17) is 13.9 Å². The van der Waals surface area contributed by atoms with Gasteiger partial charge in [0.25, 0.3) is 0 Å². The summed E-state index contributed by atoms with van der Waals surface area (Å²) >= 11 is 0. The average molecular weight is 395 g/mol. The van der Waals surface area contributed by atoms with Gasteiger partial charge in [0.15, 0.2) is 11.5 Å². The van der Waals surface area contributed by atoms with Crippen molar-refractivity contribution in [2.45, 2.75) is 26.8 Å². The summed E-state index contributed by atoms with van der Waals surface area (Å²) in [4.78, 5) is 15.5. The standard InChI is InChI=1S/C23H25NO5/c1-5-14-10-16-22(26)20(15-6-7-18-19(11-15)28-9-8-27-18)13(2)29-23(16)17(21(14)25)12-24(3)4/h6-7,10-11,25H,5,8-9,12H2,1-4H3. The molecule has 0 spiro atoms. The topological polar surface area (TPSA) is 72.1 Å². The number of ether oxygens (including phenoxy) is 2. The van der Waals surface area contributed by atoms with Gasteiger partial charge in [-0.15, -0.1) is 0 Å². The molecule has 2 aromatic carbocycles. The number of aryl methyl sites for hydroxylation is 2. The molecule has 4 rings (SSSR count). The quantitative estimate of drug-likeness (QED) is 0.723. The van der Waals surface area contributed by atoms with Crippen molar-refractivity contribution in [1.29, 1.82) is 0 Å². The molecule has 0 bridgehead atoms. The number of aromatic hydroxyl groups is 1. The van der Waals surface area contributed by atoms with E-state index < -0.39 is 0 Å². The lowest BCUT2D eigenvalue weighted by Crippen LogP contribution is -2.16. The third-order valence-corrected chi connectivity index (χ3v) is 5.19. The molecule has 29 heavy (non-hydrogen) atoms. The Hall–Kier alpha value is -2.99. The fraction of sp³-hybridized carbons (Fsp3) is 0.348. The Morgan fingerprint density at radius 2 is 1.83 bits per heavy atom. The van der Waals surface area contributed by atoms with E-state index in [-0.39, 0.29) is 11.2 Å². The van der Waals surface area contributed by atoms with Crippen molar-refractivity contribution in [3.8, 4) is 28.4 Å². The predicted molar refractivity (Wildman–Crippen MR) is 112 cm³/mol.